The van der Waals surface area contributed by atoms with Crippen LogP contribution in [0.2, 0.25) is 0 Å². The van der Waals surface area contributed by atoms with Crippen molar-refractivity contribution < 1.29 is 28.6 Å². The molecule has 0 saturated carbocycles. The van der Waals surface area contributed by atoms with E-state index < -0.39 is 24.2 Å². The van der Waals surface area contributed by atoms with Crippen molar-refractivity contribution in [2.75, 3.05) is 20.8 Å². The molecular weight excluding hydrogens is 341 g/mol. The fourth-order valence-corrected chi connectivity index (χ4v) is 2.55. The molecule has 0 saturated heterocycles. The van der Waals surface area contributed by atoms with Crippen LogP contribution in [0.1, 0.15) is 21.5 Å². The molecule has 0 spiro atoms. The second-order valence-corrected chi connectivity index (χ2v) is 5.70. The lowest BCUT2D eigenvalue weighted by Crippen LogP contribution is -2.35. The number of aliphatic carboxylic acids is 1. The maximum atomic E-state index is 13.1. The standard InChI is InChI=1S/C19H20FNO5/c1-12-8-16(25-2)17(26-3)9-15(12)19(24)21(11-18(22)23)10-13-4-6-14(20)7-5-13/h4-9H,10-11H2,1-3H3,(H,22,23). The summed E-state index contributed by atoms with van der Waals surface area (Å²) in [6, 6.07) is 8.73. The maximum absolute atomic E-state index is 13.1. The zero-order chi connectivity index (χ0) is 19.3. The van der Waals surface area contributed by atoms with E-state index in [-0.39, 0.29) is 6.54 Å². The monoisotopic (exact) mass is 361 g/mol. The van der Waals surface area contributed by atoms with E-state index in [1.807, 2.05) is 0 Å². The molecule has 2 rings (SSSR count). The Kier molecular flexibility index (Phi) is 6.16. The highest BCUT2D eigenvalue weighted by Crippen LogP contribution is 2.31. The number of aryl methyl sites for hydroxylation is 1. The number of rotatable bonds is 7. The third-order valence-electron chi connectivity index (χ3n) is 3.86. The van der Waals surface area contributed by atoms with E-state index in [0.29, 0.717) is 28.2 Å². The number of ether oxygens (including phenoxy) is 2. The van der Waals surface area contributed by atoms with E-state index in [1.54, 1.807) is 13.0 Å². The first kappa shape index (κ1) is 19.2. The first-order chi connectivity index (χ1) is 12.3. The molecule has 1 N–H and O–H groups in total. The molecule has 0 aliphatic rings. The molecule has 138 valence electrons. The number of benzene rings is 2. The Balaban J connectivity index is 2.37. The van der Waals surface area contributed by atoms with Gasteiger partial charge >= 0.3 is 5.97 Å². The number of amides is 1. The van der Waals surface area contributed by atoms with Crippen molar-refractivity contribution in [2.45, 2.75) is 13.5 Å². The van der Waals surface area contributed by atoms with Crippen molar-refractivity contribution in [2.24, 2.45) is 0 Å². The molecule has 0 radical (unpaired) electrons. The van der Waals surface area contributed by atoms with E-state index in [4.69, 9.17) is 14.6 Å². The van der Waals surface area contributed by atoms with Gasteiger partial charge in [-0.25, -0.2) is 4.39 Å². The number of carboxylic acid groups (broad SMARTS) is 1. The molecule has 2 aromatic carbocycles. The smallest absolute Gasteiger partial charge is 0.323 e. The Labute approximate surface area is 150 Å². The van der Waals surface area contributed by atoms with Gasteiger partial charge in [-0.15, -0.1) is 0 Å². The summed E-state index contributed by atoms with van der Waals surface area (Å²) in [5.41, 5.74) is 1.56. The van der Waals surface area contributed by atoms with Gasteiger partial charge in [0.2, 0.25) is 0 Å². The summed E-state index contributed by atoms with van der Waals surface area (Å²) < 4.78 is 23.5. The van der Waals surface area contributed by atoms with Crippen LogP contribution in [-0.2, 0) is 11.3 Å². The summed E-state index contributed by atoms with van der Waals surface area (Å²) in [5, 5.41) is 9.16. The van der Waals surface area contributed by atoms with Gasteiger partial charge in [0.05, 0.1) is 14.2 Å². The Bertz CT molecular complexity index is 804. The lowest BCUT2D eigenvalue weighted by molar-refractivity contribution is -0.137. The lowest BCUT2D eigenvalue weighted by Gasteiger charge is -2.22. The van der Waals surface area contributed by atoms with Crippen molar-refractivity contribution in [3.8, 4) is 11.5 Å². The van der Waals surface area contributed by atoms with Crippen molar-refractivity contribution in [1.29, 1.82) is 0 Å². The van der Waals surface area contributed by atoms with Gasteiger partial charge in [0.15, 0.2) is 11.5 Å². The van der Waals surface area contributed by atoms with Gasteiger partial charge in [0.25, 0.3) is 5.91 Å². The molecule has 0 aliphatic carbocycles. The third kappa shape index (κ3) is 4.50. The van der Waals surface area contributed by atoms with Gasteiger partial charge in [0.1, 0.15) is 12.4 Å². The number of carbonyl (C=O) groups excluding carboxylic acids is 1. The van der Waals surface area contributed by atoms with Crippen LogP contribution in [0.4, 0.5) is 4.39 Å². The minimum absolute atomic E-state index is 0.0409. The highest BCUT2D eigenvalue weighted by Gasteiger charge is 2.22. The van der Waals surface area contributed by atoms with E-state index in [2.05, 4.69) is 0 Å². The molecular formula is C19H20FNO5. The lowest BCUT2D eigenvalue weighted by atomic mass is 10.1. The fourth-order valence-electron chi connectivity index (χ4n) is 2.55. The zero-order valence-corrected chi connectivity index (χ0v) is 14.8. The second kappa shape index (κ2) is 8.33. The molecule has 2 aromatic rings. The summed E-state index contributed by atoms with van der Waals surface area (Å²) in [5.74, 6) is -1.15. The van der Waals surface area contributed by atoms with Crippen LogP contribution in [-0.4, -0.2) is 42.6 Å². The molecule has 0 unspecified atom stereocenters. The van der Waals surface area contributed by atoms with Crippen LogP contribution in [0, 0.1) is 12.7 Å². The minimum Gasteiger partial charge on any atom is -0.493 e. The first-order valence-electron chi connectivity index (χ1n) is 7.83. The molecule has 6 nitrogen and oxygen atoms in total. The minimum atomic E-state index is -1.14. The second-order valence-electron chi connectivity index (χ2n) is 5.70. The van der Waals surface area contributed by atoms with Gasteiger partial charge in [-0.1, -0.05) is 12.1 Å². The quantitative estimate of drug-likeness (QED) is 0.821. The average molecular weight is 361 g/mol. The molecule has 0 fully saturated rings. The van der Waals surface area contributed by atoms with Crippen molar-refractivity contribution in [3.63, 3.8) is 0 Å². The van der Waals surface area contributed by atoms with Crippen LogP contribution in [0.15, 0.2) is 36.4 Å². The molecule has 0 bridgehead atoms. The number of carboxylic acids is 1. The Morgan fingerprint density at radius 1 is 1.08 bits per heavy atom. The van der Waals surface area contributed by atoms with Crippen LogP contribution < -0.4 is 9.47 Å². The van der Waals surface area contributed by atoms with Crippen molar-refractivity contribution >= 4 is 11.9 Å². The van der Waals surface area contributed by atoms with Crippen LogP contribution in [0.25, 0.3) is 0 Å². The highest BCUT2D eigenvalue weighted by atomic mass is 19.1. The zero-order valence-electron chi connectivity index (χ0n) is 14.8. The number of methoxy groups -OCH3 is 2. The number of carbonyl (C=O) groups is 2. The maximum Gasteiger partial charge on any atom is 0.323 e. The van der Waals surface area contributed by atoms with Gasteiger partial charge in [0, 0.05) is 12.1 Å². The predicted octanol–water partition coefficient (Wildman–Crippen LogP) is 2.88. The van der Waals surface area contributed by atoms with Gasteiger partial charge in [-0.3, -0.25) is 9.59 Å². The van der Waals surface area contributed by atoms with Crippen LogP contribution in [0.3, 0.4) is 0 Å². The normalized spacial score (nSPS) is 10.3. The summed E-state index contributed by atoms with van der Waals surface area (Å²) in [6.45, 7) is 1.29. The van der Waals surface area contributed by atoms with Crippen molar-refractivity contribution in [3.05, 3.63) is 58.9 Å². The van der Waals surface area contributed by atoms with Gasteiger partial charge < -0.3 is 19.5 Å². The number of hydrogen-bond donors (Lipinski definition) is 1. The summed E-state index contributed by atoms with van der Waals surface area (Å²) in [4.78, 5) is 25.3. The molecule has 26 heavy (non-hydrogen) atoms. The fraction of sp³-hybridized carbons (Fsp3) is 0.263. The number of hydrogen-bond acceptors (Lipinski definition) is 4. The van der Waals surface area contributed by atoms with E-state index in [9.17, 15) is 14.0 Å². The molecule has 0 aliphatic heterocycles. The third-order valence-corrected chi connectivity index (χ3v) is 3.86. The van der Waals surface area contributed by atoms with Crippen LogP contribution >= 0.6 is 0 Å². The van der Waals surface area contributed by atoms with E-state index >= 15 is 0 Å². The van der Waals surface area contributed by atoms with Crippen LogP contribution in [0.5, 0.6) is 11.5 Å². The molecule has 0 aromatic heterocycles. The molecule has 7 heteroatoms. The van der Waals surface area contributed by atoms with E-state index in [0.717, 1.165) is 0 Å². The first-order valence-corrected chi connectivity index (χ1v) is 7.83. The molecule has 1 amide bonds. The van der Waals surface area contributed by atoms with Gasteiger partial charge in [-0.05, 0) is 42.3 Å². The SMILES string of the molecule is COc1cc(C)c(C(=O)N(CC(=O)O)Cc2ccc(F)cc2)cc1OC. The Morgan fingerprint density at radius 2 is 1.65 bits per heavy atom. The Hall–Kier alpha value is -3.09. The summed E-state index contributed by atoms with van der Waals surface area (Å²) in [7, 11) is 2.94. The molecule has 0 atom stereocenters. The Morgan fingerprint density at radius 3 is 2.19 bits per heavy atom. The topological polar surface area (TPSA) is 76.1 Å². The largest absolute Gasteiger partial charge is 0.493 e. The predicted molar refractivity (Wildman–Crippen MR) is 93.1 cm³/mol. The number of nitrogens with zero attached hydrogens (tertiary/aromatic N) is 1. The number of halogens is 1. The van der Waals surface area contributed by atoms with Gasteiger partial charge in [-0.2, -0.15) is 0 Å². The molecule has 0 heterocycles. The summed E-state index contributed by atoms with van der Waals surface area (Å²) >= 11 is 0. The van der Waals surface area contributed by atoms with Crippen molar-refractivity contribution in [1.82, 2.24) is 4.90 Å². The highest BCUT2D eigenvalue weighted by molar-refractivity contribution is 5.97. The van der Waals surface area contributed by atoms with E-state index in [1.165, 1.54) is 49.5 Å². The average Bonchev–Trinajstić information content (AvgIpc) is 2.61. The summed E-state index contributed by atoms with van der Waals surface area (Å²) in [6.07, 6.45) is 0.